The van der Waals surface area contributed by atoms with Gasteiger partial charge in [-0.05, 0) is 37.1 Å². The van der Waals surface area contributed by atoms with Gasteiger partial charge in [0.25, 0.3) is 5.22 Å². The summed E-state index contributed by atoms with van der Waals surface area (Å²) in [6, 6.07) is 4.29. The van der Waals surface area contributed by atoms with Crippen molar-refractivity contribution in [3.8, 4) is 11.5 Å². The van der Waals surface area contributed by atoms with Crippen LogP contribution in [0, 0.1) is 0 Å². The maximum atomic E-state index is 12.6. The van der Waals surface area contributed by atoms with Crippen LogP contribution in [0.15, 0.2) is 45.8 Å². The highest BCUT2D eigenvalue weighted by Crippen LogP contribution is 2.31. The van der Waals surface area contributed by atoms with E-state index >= 15 is 0 Å². The van der Waals surface area contributed by atoms with E-state index in [9.17, 15) is 26.3 Å². The maximum absolute atomic E-state index is 12.6. The van der Waals surface area contributed by atoms with Crippen molar-refractivity contribution in [2.24, 2.45) is 0 Å². The highest BCUT2D eigenvalue weighted by atomic mass is 32.2. The number of allylic oxidation sites excluding steroid dienone is 1. The van der Waals surface area contributed by atoms with Gasteiger partial charge in [0.05, 0.1) is 5.56 Å². The molecule has 1 aromatic carbocycles. The van der Waals surface area contributed by atoms with Crippen molar-refractivity contribution >= 4 is 11.8 Å². The second kappa shape index (κ2) is 8.41. The number of alkyl halides is 3. The van der Waals surface area contributed by atoms with Crippen LogP contribution in [-0.4, -0.2) is 16.0 Å². The third kappa shape index (κ3) is 5.80. The van der Waals surface area contributed by atoms with Crippen LogP contribution in [0.4, 0.5) is 26.3 Å². The molecule has 3 nitrogen and oxygen atoms in total. The number of halogens is 6. The molecule has 2 rings (SSSR count). The second-order valence-electron chi connectivity index (χ2n) is 4.92. The Morgan fingerprint density at radius 3 is 2.28 bits per heavy atom. The Balaban J connectivity index is 1.85. The number of thioether (sulfide) groups is 1. The predicted octanol–water partition coefficient (Wildman–Crippen LogP) is 6.10. The molecule has 0 bridgehead atoms. The van der Waals surface area contributed by atoms with Gasteiger partial charge in [-0.15, -0.1) is 10.2 Å². The molecule has 0 amide bonds. The molecule has 25 heavy (non-hydrogen) atoms. The van der Waals surface area contributed by atoms with Gasteiger partial charge in [0, 0.05) is 17.7 Å². The number of nitrogens with zero attached hydrogens (tertiary/aromatic N) is 2. The lowest BCUT2D eigenvalue weighted by Gasteiger charge is -2.05. The van der Waals surface area contributed by atoms with Gasteiger partial charge in [0.2, 0.25) is 5.89 Å². The summed E-state index contributed by atoms with van der Waals surface area (Å²) in [5.74, 6) is -0.882. The van der Waals surface area contributed by atoms with E-state index in [4.69, 9.17) is 4.42 Å². The van der Waals surface area contributed by atoms with E-state index in [2.05, 4.69) is 10.2 Å². The molecule has 0 aliphatic rings. The minimum absolute atomic E-state index is 0.0738. The van der Waals surface area contributed by atoms with Crippen LogP contribution < -0.4 is 0 Å². The highest BCUT2D eigenvalue weighted by molar-refractivity contribution is 7.99. The summed E-state index contributed by atoms with van der Waals surface area (Å²) >= 11 is 1.16. The first-order valence-corrected chi connectivity index (χ1v) is 8.09. The van der Waals surface area contributed by atoms with Crippen molar-refractivity contribution in [2.45, 2.75) is 30.7 Å². The van der Waals surface area contributed by atoms with Gasteiger partial charge in [0.15, 0.2) is 5.83 Å². The third-order valence-electron chi connectivity index (χ3n) is 3.09. The zero-order chi connectivity index (χ0) is 18.4. The summed E-state index contributed by atoms with van der Waals surface area (Å²) in [5, 5.41) is 7.69. The first kappa shape index (κ1) is 19.4. The summed E-state index contributed by atoms with van der Waals surface area (Å²) < 4.78 is 79.1. The number of hydrogen-bond acceptors (Lipinski definition) is 4. The molecular weight excluding hydrogens is 370 g/mol. The SMILES string of the molecule is FC(F)=C(F)CCCCSc1nnc(-c2ccc(C(F)(F)F)cc2)o1. The molecule has 0 aliphatic heterocycles. The fourth-order valence-corrected chi connectivity index (χ4v) is 2.58. The first-order chi connectivity index (χ1) is 11.8. The maximum Gasteiger partial charge on any atom is 0.416 e. The summed E-state index contributed by atoms with van der Waals surface area (Å²) in [4.78, 5) is 0. The van der Waals surface area contributed by atoms with Crippen LogP contribution in [0.5, 0.6) is 0 Å². The quantitative estimate of drug-likeness (QED) is 0.330. The van der Waals surface area contributed by atoms with Crippen molar-refractivity contribution in [1.82, 2.24) is 10.2 Å². The van der Waals surface area contributed by atoms with E-state index in [-0.39, 0.29) is 24.0 Å². The number of unbranched alkanes of at least 4 members (excludes halogenated alkanes) is 1. The lowest BCUT2D eigenvalue weighted by Crippen LogP contribution is -2.03. The Hall–Kier alpha value is -1.97. The van der Waals surface area contributed by atoms with Gasteiger partial charge in [-0.1, -0.05) is 11.8 Å². The van der Waals surface area contributed by atoms with Crippen LogP contribution in [0.2, 0.25) is 0 Å². The minimum atomic E-state index is -4.42. The van der Waals surface area contributed by atoms with Crippen molar-refractivity contribution in [3.63, 3.8) is 0 Å². The van der Waals surface area contributed by atoms with Gasteiger partial charge in [0.1, 0.15) is 0 Å². The molecule has 0 atom stereocenters. The Morgan fingerprint density at radius 1 is 1.00 bits per heavy atom. The molecule has 10 heteroatoms. The van der Waals surface area contributed by atoms with Crippen molar-refractivity contribution in [1.29, 1.82) is 0 Å². The zero-order valence-corrected chi connectivity index (χ0v) is 13.4. The molecule has 1 aromatic heterocycles. The van der Waals surface area contributed by atoms with Crippen molar-refractivity contribution in [3.05, 3.63) is 41.7 Å². The van der Waals surface area contributed by atoms with Crippen LogP contribution in [-0.2, 0) is 6.18 Å². The van der Waals surface area contributed by atoms with Gasteiger partial charge in [-0.25, -0.2) is 4.39 Å². The van der Waals surface area contributed by atoms with Crippen LogP contribution in [0.25, 0.3) is 11.5 Å². The van der Waals surface area contributed by atoms with E-state index in [1.54, 1.807) is 0 Å². The molecule has 2 aromatic rings. The number of benzene rings is 1. The van der Waals surface area contributed by atoms with E-state index in [0.29, 0.717) is 17.7 Å². The number of aromatic nitrogens is 2. The summed E-state index contributed by atoms with van der Waals surface area (Å²) in [6.07, 6.45) is -6.34. The Labute approximate surface area is 143 Å². The zero-order valence-electron chi connectivity index (χ0n) is 12.6. The number of rotatable bonds is 7. The molecule has 0 saturated carbocycles. The van der Waals surface area contributed by atoms with E-state index in [0.717, 1.165) is 23.9 Å². The molecular formula is C15H12F6N2OS. The molecule has 0 radical (unpaired) electrons. The lowest BCUT2D eigenvalue weighted by atomic mass is 10.1. The van der Waals surface area contributed by atoms with E-state index < -0.39 is 23.6 Å². The normalized spacial score (nSPS) is 11.6. The fourth-order valence-electron chi connectivity index (χ4n) is 1.82. The highest BCUT2D eigenvalue weighted by Gasteiger charge is 2.30. The molecule has 0 fully saturated rings. The molecule has 0 unspecified atom stereocenters. The first-order valence-electron chi connectivity index (χ1n) is 7.11. The van der Waals surface area contributed by atoms with E-state index in [1.807, 2.05) is 0 Å². The molecule has 0 aliphatic carbocycles. The molecule has 0 saturated heterocycles. The minimum Gasteiger partial charge on any atom is -0.411 e. The third-order valence-corrected chi connectivity index (χ3v) is 3.99. The average Bonchev–Trinajstić information content (AvgIpc) is 3.02. The van der Waals surface area contributed by atoms with Crippen LogP contribution >= 0.6 is 11.8 Å². The van der Waals surface area contributed by atoms with Gasteiger partial charge in [-0.2, -0.15) is 22.0 Å². The lowest BCUT2D eigenvalue weighted by molar-refractivity contribution is -0.137. The van der Waals surface area contributed by atoms with Crippen LogP contribution in [0.1, 0.15) is 24.8 Å². The number of hydrogen-bond donors (Lipinski definition) is 0. The Morgan fingerprint density at radius 2 is 1.68 bits per heavy atom. The molecule has 0 N–H and O–H groups in total. The standard InChI is InChI=1S/C15H12F6N2OS/c16-11(12(17)18)3-1-2-8-25-14-23-22-13(24-14)9-4-6-10(7-5-9)15(19,20)21/h4-7H,1-3,8H2. The Kier molecular flexibility index (Phi) is 6.51. The summed E-state index contributed by atoms with van der Waals surface area (Å²) in [5.41, 5.74) is -0.436. The van der Waals surface area contributed by atoms with E-state index in [1.165, 1.54) is 12.1 Å². The van der Waals surface area contributed by atoms with Gasteiger partial charge >= 0.3 is 12.3 Å². The Bertz CT molecular complexity index is 722. The predicted molar refractivity (Wildman–Crippen MR) is 79.7 cm³/mol. The largest absolute Gasteiger partial charge is 0.416 e. The molecule has 136 valence electrons. The monoisotopic (exact) mass is 382 g/mol. The van der Waals surface area contributed by atoms with Crippen molar-refractivity contribution in [2.75, 3.05) is 5.75 Å². The second-order valence-corrected chi connectivity index (χ2v) is 5.97. The smallest absolute Gasteiger partial charge is 0.411 e. The summed E-state index contributed by atoms with van der Waals surface area (Å²) in [6.45, 7) is 0. The van der Waals surface area contributed by atoms with Crippen LogP contribution in [0.3, 0.4) is 0 Å². The van der Waals surface area contributed by atoms with Crippen molar-refractivity contribution < 1.29 is 30.8 Å². The van der Waals surface area contributed by atoms with Gasteiger partial charge in [-0.3, -0.25) is 0 Å². The average molecular weight is 382 g/mol. The summed E-state index contributed by atoms with van der Waals surface area (Å²) in [7, 11) is 0. The fraction of sp³-hybridized carbons (Fsp3) is 0.333. The van der Waals surface area contributed by atoms with Gasteiger partial charge < -0.3 is 4.42 Å². The topological polar surface area (TPSA) is 38.9 Å². The molecule has 0 spiro atoms. The molecule has 1 heterocycles.